The number of hydrogen-bond acceptors (Lipinski definition) is 7. The molecule has 3 aliphatic rings. The van der Waals surface area contributed by atoms with Crippen molar-refractivity contribution in [2.75, 3.05) is 45.9 Å². The first-order valence-electron chi connectivity index (χ1n) is 11.6. The molecule has 176 valence electrons. The summed E-state index contributed by atoms with van der Waals surface area (Å²) in [5.41, 5.74) is 2.46. The summed E-state index contributed by atoms with van der Waals surface area (Å²) in [4.78, 5) is 22.4. The summed E-state index contributed by atoms with van der Waals surface area (Å²) >= 11 is 0. The molecular weight excluding hydrogens is 427 g/mol. The van der Waals surface area contributed by atoms with Gasteiger partial charge in [-0.3, -0.25) is 9.69 Å². The number of fused-ring (bicyclic) bond motifs is 1. The van der Waals surface area contributed by atoms with Crippen molar-refractivity contribution in [2.45, 2.75) is 31.9 Å². The van der Waals surface area contributed by atoms with Crippen LogP contribution in [0.15, 0.2) is 35.6 Å². The van der Waals surface area contributed by atoms with Gasteiger partial charge in [-0.05, 0) is 24.1 Å². The second-order valence-electron chi connectivity index (χ2n) is 8.81. The van der Waals surface area contributed by atoms with E-state index >= 15 is 0 Å². The number of ether oxygens (including phenoxy) is 1. The number of piperazine rings is 1. The molecule has 0 saturated carbocycles. The molecule has 9 nitrogen and oxygen atoms in total. The molecular formula is C23H29FN6O3. The molecule has 1 amide bonds. The average Bonchev–Trinajstić information content (AvgIpc) is 3.57. The second kappa shape index (κ2) is 9.56. The predicted molar refractivity (Wildman–Crippen MR) is 118 cm³/mol. The Hall–Kier alpha value is -2.85. The first-order chi connectivity index (χ1) is 16.1. The summed E-state index contributed by atoms with van der Waals surface area (Å²) in [5.74, 6) is -0.294. The van der Waals surface area contributed by atoms with Gasteiger partial charge in [0.1, 0.15) is 5.82 Å². The lowest BCUT2D eigenvalue weighted by molar-refractivity contribution is -0.126. The average molecular weight is 457 g/mol. The van der Waals surface area contributed by atoms with E-state index in [4.69, 9.17) is 9.57 Å². The zero-order valence-corrected chi connectivity index (χ0v) is 18.8. The van der Waals surface area contributed by atoms with Crippen LogP contribution >= 0.6 is 0 Å². The highest BCUT2D eigenvalue weighted by molar-refractivity contribution is 6.40. The molecule has 3 aliphatic heterocycles. The first kappa shape index (κ1) is 22.0. The molecule has 0 unspecified atom stereocenters. The number of oxime groups is 1. The van der Waals surface area contributed by atoms with Crippen LogP contribution in [0.2, 0.25) is 0 Å². The number of amides is 1. The van der Waals surface area contributed by atoms with Gasteiger partial charge in [0, 0.05) is 45.3 Å². The molecule has 5 rings (SSSR count). The molecule has 10 heteroatoms. The van der Waals surface area contributed by atoms with E-state index in [0.717, 1.165) is 43.7 Å². The fourth-order valence-corrected chi connectivity index (χ4v) is 4.73. The third-order valence-electron chi connectivity index (χ3n) is 6.75. The van der Waals surface area contributed by atoms with Crippen LogP contribution in [0.3, 0.4) is 0 Å². The minimum absolute atomic E-state index is 0.0259. The van der Waals surface area contributed by atoms with Gasteiger partial charge in [0.05, 0.1) is 30.9 Å². The summed E-state index contributed by atoms with van der Waals surface area (Å²) < 4.78 is 20.5. The van der Waals surface area contributed by atoms with E-state index in [-0.39, 0.29) is 29.8 Å². The number of halogens is 1. The zero-order valence-electron chi connectivity index (χ0n) is 18.8. The van der Waals surface area contributed by atoms with Crippen molar-refractivity contribution in [3.63, 3.8) is 0 Å². The lowest BCUT2D eigenvalue weighted by Crippen LogP contribution is -2.51. The molecule has 0 spiro atoms. The standard InChI is InChI=1S/C23H29FN6O3/c1-2-20(16-3-5-17(24)6-4-16)30-13-18(25-27-30)7-8-28-9-11-29(12-10-28)23(31)22-19-14-32-15-21(19)33-26-22/h3-6,13,19-21H,2,7-12,14-15H2,1H3/t19-,20-,21+/m0/s1. The van der Waals surface area contributed by atoms with Crippen LogP contribution in [0.4, 0.5) is 4.39 Å². The van der Waals surface area contributed by atoms with E-state index in [2.05, 4.69) is 27.3 Å². The van der Waals surface area contributed by atoms with Gasteiger partial charge in [-0.25, -0.2) is 9.07 Å². The molecule has 0 aliphatic carbocycles. The van der Waals surface area contributed by atoms with Crippen molar-refractivity contribution in [3.8, 4) is 0 Å². The van der Waals surface area contributed by atoms with Crippen molar-refractivity contribution in [1.29, 1.82) is 0 Å². The molecule has 1 aromatic heterocycles. The minimum atomic E-state index is -0.240. The number of rotatable bonds is 7. The monoisotopic (exact) mass is 456 g/mol. The Morgan fingerprint density at radius 3 is 2.73 bits per heavy atom. The Morgan fingerprint density at radius 1 is 1.18 bits per heavy atom. The lowest BCUT2D eigenvalue weighted by Gasteiger charge is -2.34. The minimum Gasteiger partial charge on any atom is -0.389 e. The topological polar surface area (TPSA) is 85.1 Å². The van der Waals surface area contributed by atoms with Crippen LogP contribution in [0.5, 0.6) is 0 Å². The van der Waals surface area contributed by atoms with Crippen LogP contribution in [-0.2, 0) is 20.8 Å². The van der Waals surface area contributed by atoms with E-state index in [9.17, 15) is 9.18 Å². The zero-order chi connectivity index (χ0) is 22.8. The van der Waals surface area contributed by atoms with Gasteiger partial charge in [0.15, 0.2) is 11.8 Å². The van der Waals surface area contributed by atoms with Crippen molar-refractivity contribution in [3.05, 3.63) is 47.5 Å². The van der Waals surface area contributed by atoms with Gasteiger partial charge in [0.2, 0.25) is 0 Å². The number of benzene rings is 1. The van der Waals surface area contributed by atoms with E-state index in [0.29, 0.717) is 32.0 Å². The Bertz CT molecular complexity index is 1000. The molecule has 2 fully saturated rings. The van der Waals surface area contributed by atoms with Crippen molar-refractivity contribution in [2.24, 2.45) is 11.1 Å². The number of hydrogen-bond donors (Lipinski definition) is 0. The van der Waals surface area contributed by atoms with Crippen LogP contribution in [0, 0.1) is 11.7 Å². The van der Waals surface area contributed by atoms with Gasteiger partial charge in [-0.15, -0.1) is 5.10 Å². The third kappa shape index (κ3) is 4.63. The van der Waals surface area contributed by atoms with Crippen molar-refractivity contribution >= 4 is 11.6 Å². The maximum absolute atomic E-state index is 13.3. The molecule has 3 atom stereocenters. The van der Waals surface area contributed by atoms with Crippen LogP contribution < -0.4 is 0 Å². The predicted octanol–water partition coefficient (Wildman–Crippen LogP) is 1.50. The van der Waals surface area contributed by atoms with Crippen LogP contribution in [-0.4, -0.2) is 88.5 Å². The molecule has 2 saturated heterocycles. The second-order valence-corrected chi connectivity index (χ2v) is 8.81. The van der Waals surface area contributed by atoms with E-state index in [1.807, 2.05) is 15.8 Å². The maximum Gasteiger partial charge on any atom is 0.272 e. The highest BCUT2D eigenvalue weighted by atomic mass is 19.1. The molecule has 0 bridgehead atoms. The Morgan fingerprint density at radius 2 is 1.97 bits per heavy atom. The number of carbonyl (C=O) groups excluding carboxylic acids is 1. The van der Waals surface area contributed by atoms with Crippen molar-refractivity contribution < 1.29 is 18.8 Å². The molecule has 0 N–H and O–H groups in total. The number of carbonyl (C=O) groups is 1. The highest BCUT2D eigenvalue weighted by Gasteiger charge is 2.43. The fourth-order valence-electron chi connectivity index (χ4n) is 4.73. The Kier molecular flexibility index (Phi) is 6.37. The SMILES string of the molecule is CC[C@@H](c1ccc(F)cc1)n1cc(CCN2CCN(C(=O)C3=NO[C@@H]4COC[C@H]34)CC2)nn1. The normalized spacial score (nSPS) is 23.8. The van der Waals surface area contributed by atoms with Gasteiger partial charge in [-0.1, -0.05) is 29.4 Å². The summed E-state index contributed by atoms with van der Waals surface area (Å²) in [6, 6.07) is 6.59. The smallest absolute Gasteiger partial charge is 0.272 e. The van der Waals surface area contributed by atoms with Crippen LogP contribution in [0.25, 0.3) is 0 Å². The van der Waals surface area contributed by atoms with E-state index < -0.39 is 0 Å². The quantitative estimate of drug-likeness (QED) is 0.628. The molecule has 4 heterocycles. The number of aromatic nitrogens is 3. The third-order valence-corrected chi connectivity index (χ3v) is 6.75. The van der Waals surface area contributed by atoms with Crippen LogP contribution in [0.1, 0.15) is 30.6 Å². The fraction of sp³-hybridized carbons (Fsp3) is 0.565. The highest BCUT2D eigenvalue weighted by Crippen LogP contribution is 2.26. The molecule has 2 aromatic rings. The molecule has 0 radical (unpaired) electrons. The van der Waals surface area contributed by atoms with Gasteiger partial charge in [-0.2, -0.15) is 0 Å². The Balaban J connectivity index is 1.11. The lowest BCUT2D eigenvalue weighted by atomic mass is 10.00. The van der Waals surface area contributed by atoms with Crippen molar-refractivity contribution in [1.82, 2.24) is 24.8 Å². The summed E-state index contributed by atoms with van der Waals surface area (Å²) in [6.07, 6.45) is 3.51. The summed E-state index contributed by atoms with van der Waals surface area (Å²) in [7, 11) is 0. The van der Waals surface area contributed by atoms with E-state index in [1.165, 1.54) is 12.1 Å². The number of nitrogens with zero attached hydrogens (tertiary/aromatic N) is 6. The van der Waals surface area contributed by atoms with Gasteiger partial charge < -0.3 is 14.5 Å². The summed E-state index contributed by atoms with van der Waals surface area (Å²) in [5, 5.41) is 12.7. The first-order valence-corrected chi connectivity index (χ1v) is 11.6. The van der Waals surface area contributed by atoms with E-state index in [1.54, 1.807) is 12.1 Å². The maximum atomic E-state index is 13.3. The largest absolute Gasteiger partial charge is 0.389 e. The Labute approximate surface area is 192 Å². The van der Waals surface area contributed by atoms with Gasteiger partial charge in [0.25, 0.3) is 5.91 Å². The molecule has 1 aromatic carbocycles. The van der Waals surface area contributed by atoms with Gasteiger partial charge >= 0.3 is 0 Å². The molecule has 33 heavy (non-hydrogen) atoms. The summed E-state index contributed by atoms with van der Waals surface area (Å²) in [6.45, 7) is 6.92.